The number of piperazine rings is 1. The van der Waals surface area contributed by atoms with Gasteiger partial charge in [-0.05, 0) is 61.6 Å². The van der Waals surface area contributed by atoms with Gasteiger partial charge in [0, 0.05) is 79.4 Å². The Labute approximate surface area is 261 Å². The Hall–Kier alpha value is -4.85. The van der Waals surface area contributed by atoms with Gasteiger partial charge in [-0.15, -0.1) is 0 Å². The SMILES string of the molecule is CN1CCN(CCn2ccc3cc(-c4cc(Nc5ccc(NS(=O)(=O)c6ccccc6F)cc5)ncn4)ccc32)CC1.O=CO. The van der Waals surface area contributed by atoms with E-state index in [1.54, 1.807) is 24.3 Å². The summed E-state index contributed by atoms with van der Waals surface area (Å²) in [6.07, 6.45) is 3.66. The van der Waals surface area contributed by atoms with Crippen molar-refractivity contribution in [3.63, 3.8) is 0 Å². The fourth-order valence-corrected chi connectivity index (χ4v) is 6.24. The second kappa shape index (κ2) is 14.3. The van der Waals surface area contributed by atoms with Gasteiger partial charge in [0.05, 0.1) is 5.69 Å². The van der Waals surface area contributed by atoms with E-state index < -0.39 is 20.7 Å². The summed E-state index contributed by atoms with van der Waals surface area (Å²) in [5.74, 6) is -0.203. The summed E-state index contributed by atoms with van der Waals surface area (Å²) >= 11 is 0. The first kappa shape index (κ1) is 31.6. The molecule has 3 aromatic carbocycles. The van der Waals surface area contributed by atoms with Crippen molar-refractivity contribution in [3.8, 4) is 11.3 Å². The number of nitrogens with zero attached hydrogens (tertiary/aromatic N) is 5. The van der Waals surface area contributed by atoms with Crippen LogP contribution in [0.25, 0.3) is 22.2 Å². The minimum absolute atomic E-state index is 0.250. The summed E-state index contributed by atoms with van der Waals surface area (Å²) in [6.45, 7) is 6.21. The quantitative estimate of drug-likeness (QED) is 0.198. The molecule has 5 aromatic rings. The highest BCUT2D eigenvalue weighted by atomic mass is 32.2. The monoisotopic (exact) mass is 631 g/mol. The van der Waals surface area contributed by atoms with Gasteiger partial charge in [-0.3, -0.25) is 14.4 Å². The topological polar surface area (TPSA) is 133 Å². The molecule has 3 heterocycles. The Bertz CT molecular complexity index is 1860. The van der Waals surface area contributed by atoms with E-state index in [1.165, 1.54) is 30.0 Å². The van der Waals surface area contributed by atoms with Crippen molar-refractivity contribution >= 4 is 44.6 Å². The highest BCUT2D eigenvalue weighted by Crippen LogP contribution is 2.27. The first-order valence-electron chi connectivity index (χ1n) is 14.3. The molecule has 1 saturated heterocycles. The van der Waals surface area contributed by atoms with E-state index in [-0.39, 0.29) is 6.47 Å². The first-order chi connectivity index (χ1) is 21.8. The predicted octanol–water partition coefficient (Wildman–Crippen LogP) is 4.73. The third-order valence-electron chi connectivity index (χ3n) is 7.52. The van der Waals surface area contributed by atoms with E-state index in [9.17, 15) is 12.8 Å². The lowest BCUT2D eigenvalue weighted by Crippen LogP contribution is -2.45. The predicted molar refractivity (Wildman–Crippen MR) is 173 cm³/mol. The highest BCUT2D eigenvalue weighted by Gasteiger charge is 2.18. The van der Waals surface area contributed by atoms with E-state index in [2.05, 4.69) is 71.9 Å². The normalized spacial score (nSPS) is 14.0. The van der Waals surface area contributed by atoms with Crippen LogP contribution in [0.4, 0.5) is 21.6 Å². The number of likely N-dealkylation sites (N-methyl/N-ethyl adjacent to an activating group) is 1. The molecule has 3 N–H and O–H groups in total. The Kier molecular flexibility index (Phi) is 10.0. The zero-order valence-electron chi connectivity index (χ0n) is 24.7. The smallest absolute Gasteiger partial charge is 0.290 e. The van der Waals surface area contributed by atoms with E-state index >= 15 is 0 Å². The zero-order chi connectivity index (χ0) is 31.8. The average molecular weight is 632 g/mol. The van der Waals surface area contributed by atoms with Gasteiger partial charge in [0.15, 0.2) is 0 Å². The Balaban J connectivity index is 0.00000128. The second-order valence-corrected chi connectivity index (χ2v) is 12.2. The van der Waals surface area contributed by atoms with Crippen molar-refractivity contribution < 1.29 is 22.7 Å². The fourth-order valence-electron chi connectivity index (χ4n) is 5.10. The van der Waals surface area contributed by atoms with Crippen molar-refractivity contribution in [2.24, 2.45) is 0 Å². The molecule has 0 unspecified atom stereocenters. The van der Waals surface area contributed by atoms with Crippen molar-refractivity contribution in [1.82, 2.24) is 24.3 Å². The van der Waals surface area contributed by atoms with E-state index in [0.717, 1.165) is 62.0 Å². The van der Waals surface area contributed by atoms with Gasteiger partial charge < -0.3 is 19.9 Å². The van der Waals surface area contributed by atoms with Crippen molar-refractivity contribution in [2.45, 2.75) is 11.4 Å². The summed E-state index contributed by atoms with van der Waals surface area (Å²) in [5, 5.41) is 11.3. The first-order valence-corrected chi connectivity index (χ1v) is 15.8. The number of hydrogen-bond acceptors (Lipinski definition) is 8. The summed E-state index contributed by atoms with van der Waals surface area (Å²) in [6, 6.07) is 22.3. The maximum Gasteiger partial charge on any atom is 0.290 e. The van der Waals surface area contributed by atoms with Crippen LogP contribution in [0.5, 0.6) is 0 Å². The molecular formula is C32H34FN7O4S. The maximum absolute atomic E-state index is 14.0. The standard InChI is InChI=1S/C31H32FN7O2S.CH2O2/c1-37-14-16-38(17-15-37)18-19-39-13-12-24-20-23(6-11-29(24)39)28-21-31(34-22-33-28)35-25-7-9-26(10-8-25)36-42(40,41)30-5-3-2-4-27(30)32;2-1-3/h2-13,20-22,36H,14-19H2,1H3,(H,33,34,35);1H,(H,2,3). The van der Waals surface area contributed by atoms with Gasteiger partial charge in [0.25, 0.3) is 16.5 Å². The number of anilines is 3. The largest absolute Gasteiger partial charge is 0.483 e. The molecule has 13 heteroatoms. The molecule has 45 heavy (non-hydrogen) atoms. The number of halogens is 1. The van der Waals surface area contributed by atoms with Crippen LogP contribution < -0.4 is 10.0 Å². The van der Waals surface area contributed by atoms with Crippen LogP contribution in [0.1, 0.15) is 0 Å². The summed E-state index contributed by atoms with van der Waals surface area (Å²) in [5.41, 5.74) is 4.00. The van der Waals surface area contributed by atoms with Gasteiger partial charge in [0.2, 0.25) is 0 Å². The van der Waals surface area contributed by atoms with Gasteiger partial charge in [0.1, 0.15) is 22.9 Å². The molecule has 1 fully saturated rings. The Morgan fingerprint density at radius 3 is 2.36 bits per heavy atom. The minimum atomic E-state index is -4.05. The number of rotatable bonds is 9. The van der Waals surface area contributed by atoms with E-state index in [0.29, 0.717) is 17.2 Å². The average Bonchev–Trinajstić information content (AvgIpc) is 3.44. The van der Waals surface area contributed by atoms with Gasteiger partial charge in [-0.25, -0.2) is 22.8 Å². The Morgan fingerprint density at radius 2 is 1.62 bits per heavy atom. The number of carbonyl (C=O) groups is 1. The lowest BCUT2D eigenvalue weighted by molar-refractivity contribution is -0.122. The maximum atomic E-state index is 14.0. The summed E-state index contributed by atoms with van der Waals surface area (Å²) in [4.78, 5) is 21.7. The molecule has 0 bridgehead atoms. The van der Waals surface area contributed by atoms with Crippen LogP contribution in [0.3, 0.4) is 0 Å². The third-order valence-corrected chi connectivity index (χ3v) is 8.94. The number of hydrogen-bond donors (Lipinski definition) is 3. The lowest BCUT2D eigenvalue weighted by Gasteiger charge is -2.32. The Morgan fingerprint density at radius 1 is 0.911 bits per heavy atom. The molecule has 11 nitrogen and oxygen atoms in total. The molecule has 6 rings (SSSR count). The number of fused-ring (bicyclic) bond motifs is 1. The third kappa shape index (κ3) is 8.01. The van der Waals surface area contributed by atoms with Crippen molar-refractivity contribution in [2.75, 3.05) is 49.8 Å². The summed E-state index contributed by atoms with van der Waals surface area (Å²) in [7, 11) is -1.87. The number of nitrogens with one attached hydrogen (secondary N) is 2. The van der Waals surface area contributed by atoms with E-state index in [4.69, 9.17) is 9.90 Å². The van der Waals surface area contributed by atoms with Gasteiger partial charge in [-0.1, -0.05) is 18.2 Å². The fraction of sp³-hybridized carbons (Fsp3) is 0.219. The van der Waals surface area contributed by atoms with Crippen LogP contribution in [-0.2, 0) is 21.4 Å². The lowest BCUT2D eigenvalue weighted by atomic mass is 10.1. The molecule has 0 aliphatic carbocycles. The highest BCUT2D eigenvalue weighted by molar-refractivity contribution is 7.92. The summed E-state index contributed by atoms with van der Waals surface area (Å²) < 4.78 is 43.9. The molecule has 0 atom stereocenters. The molecule has 0 saturated carbocycles. The number of aromatic nitrogens is 3. The van der Waals surface area contributed by atoms with Crippen molar-refractivity contribution in [1.29, 1.82) is 0 Å². The number of benzene rings is 3. The molecule has 1 aliphatic rings. The molecule has 2 aromatic heterocycles. The molecular weight excluding hydrogens is 597 g/mol. The molecule has 234 valence electrons. The number of sulfonamides is 1. The van der Waals surface area contributed by atoms with Crippen LogP contribution in [0.15, 0.2) is 96.3 Å². The van der Waals surface area contributed by atoms with E-state index in [1.807, 2.05) is 6.07 Å². The van der Waals surface area contributed by atoms with Crippen LogP contribution in [-0.4, -0.2) is 84.1 Å². The molecule has 0 radical (unpaired) electrons. The second-order valence-electron chi connectivity index (χ2n) is 10.6. The number of carboxylic acid groups (broad SMARTS) is 1. The molecule has 1 aliphatic heterocycles. The zero-order valence-corrected chi connectivity index (χ0v) is 25.5. The van der Waals surface area contributed by atoms with Crippen LogP contribution in [0.2, 0.25) is 0 Å². The molecule has 0 amide bonds. The van der Waals surface area contributed by atoms with Crippen molar-refractivity contribution in [3.05, 3.63) is 97.2 Å². The van der Waals surface area contributed by atoms with Gasteiger partial charge >= 0.3 is 0 Å². The van der Waals surface area contributed by atoms with Crippen LogP contribution >= 0.6 is 0 Å². The van der Waals surface area contributed by atoms with Crippen LogP contribution in [0, 0.1) is 5.82 Å². The minimum Gasteiger partial charge on any atom is -0.483 e. The van der Waals surface area contributed by atoms with Gasteiger partial charge in [-0.2, -0.15) is 0 Å². The molecule has 0 spiro atoms.